The Morgan fingerprint density at radius 3 is 2.64 bits per heavy atom. The molecule has 2 aromatic rings. The molecule has 0 N–H and O–H groups in total. The molecule has 8 nitrogen and oxygen atoms in total. The van der Waals surface area contributed by atoms with Gasteiger partial charge in [-0.15, -0.1) is 10.2 Å². The highest BCUT2D eigenvalue weighted by Crippen LogP contribution is 2.37. The molecule has 0 bridgehead atoms. The zero-order valence-corrected chi connectivity index (χ0v) is 17.5. The molecule has 1 saturated heterocycles. The van der Waals surface area contributed by atoms with Gasteiger partial charge in [0, 0.05) is 26.6 Å². The summed E-state index contributed by atoms with van der Waals surface area (Å²) in [6.07, 6.45) is 1.39. The predicted molar refractivity (Wildman–Crippen MR) is 103 cm³/mol. The molecule has 150 valence electrons. The lowest BCUT2D eigenvalue weighted by atomic mass is 10.2. The van der Waals surface area contributed by atoms with Gasteiger partial charge in [0.1, 0.15) is 0 Å². The van der Waals surface area contributed by atoms with Gasteiger partial charge in [-0.25, -0.2) is 8.42 Å². The van der Waals surface area contributed by atoms with Gasteiger partial charge in [0.05, 0.1) is 27.5 Å². The van der Waals surface area contributed by atoms with Crippen LogP contribution < -0.4 is 0 Å². The number of rotatable bonds is 3. The molecule has 0 saturated carbocycles. The monoisotopic (exact) mass is 443 g/mol. The van der Waals surface area contributed by atoms with Crippen LogP contribution in [0.15, 0.2) is 23.1 Å². The van der Waals surface area contributed by atoms with Crippen LogP contribution in [0.3, 0.4) is 0 Å². The second-order valence-electron chi connectivity index (χ2n) is 6.92. The summed E-state index contributed by atoms with van der Waals surface area (Å²) >= 11 is 11.9. The molecular weight excluding hydrogens is 425 g/mol. The molecule has 28 heavy (non-hydrogen) atoms. The van der Waals surface area contributed by atoms with Crippen LogP contribution in [0.2, 0.25) is 10.0 Å². The van der Waals surface area contributed by atoms with Gasteiger partial charge in [-0.3, -0.25) is 4.79 Å². The second kappa shape index (κ2) is 7.29. The zero-order valence-electron chi connectivity index (χ0n) is 15.2. The third-order valence-electron chi connectivity index (χ3n) is 5.23. The standard InChI is InChI=1S/C17H19Cl2N5O3S/c1-11(25)22-7-8-23-16(10-22)20-21-17(23)15-3-2-6-24(15)28(26,27)12-4-5-13(18)14(19)9-12/h4-5,9,15H,2-3,6-8,10H2,1H3. The fourth-order valence-electron chi connectivity index (χ4n) is 3.75. The van der Waals surface area contributed by atoms with Crippen LogP contribution in [0.4, 0.5) is 0 Å². The molecule has 0 radical (unpaired) electrons. The summed E-state index contributed by atoms with van der Waals surface area (Å²) in [5.41, 5.74) is 0. The molecule has 1 aromatic carbocycles. The van der Waals surface area contributed by atoms with E-state index < -0.39 is 16.1 Å². The smallest absolute Gasteiger partial charge is 0.243 e. The third-order valence-corrected chi connectivity index (χ3v) is 7.87. The molecule has 0 spiro atoms. The quantitative estimate of drug-likeness (QED) is 0.726. The number of aromatic nitrogens is 3. The summed E-state index contributed by atoms with van der Waals surface area (Å²) in [5, 5.41) is 8.99. The minimum absolute atomic E-state index is 0.0134. The Labute approximate surface area is 173 Å². The molecular formula is C17H19Cl2N5O3S. The van der Waals surface area contributed by atoms with E-state index in [-0.39, 0.29) is 15.8 Å². The first-order valence-corrected chi connectivity index (χ1v) is 11.1. The Bertz CT molecular complexity index is 1040. The van der Waals surface area contributed by atoms with E-state index in [1.807, 2.05) is 4.57 Å². The number of nitrogens with zero attached hydrogens (tertiary/aromatic N) is 5. The van der Waals surface area contributed by atoms with Crippen LogP contribution in [-0.4, -0.2) is 51.4 Å². The minimum atomic E-state index is -3.76. The number of fused-ring (bicyclic) bond motifs is 1. The molecule has 3 heterocycles. The van der Waals surface area contributed by atoms with Gasteiger partial charge in [0.25, 0.3) is 0 Å². The zero-order chi connectivity index (χ0) is 20.1. The maximum absolute atomic E-state index is 13.2. The van der Waals surface area contributed by atoms with Crippen molar-refractivity contribution in [3.05, 3.63) is 39.9 Å². The highest BCUT2D eigenvalue weighted by atomic mass is 35.5. The number of hydrogen-bond acceptors (Lipinski definition) is 5. The van der Waals surface area contributed by atoms with E-state index in [0.717, 1.165) is 6.42 Å². The first kappa shape index (κ1) is 19.6. The van der Waals surface area contributed by atoms with Crippen LogP contribution in [0.5, 0.6) is 0 Å². The summed E-state index contributed by atoms with van der Waals surface area (Å²) in [5.74, 6) is 1.29. The molecule has 0 aliphatic carbocycles. The normalized spacial score (nSPS) is 20.4. The first-order valence-electron chi connectivity index (χ1n) is 8.93. The van der Waals surface area contributed by atoms with Crippen molar-refractivity contribution in [3.8, 4) is 0 Å². The lowest BCUT2D eigenvalue weighted by Crippen LogP contribution is -2.38. The average Bonchev–Trinajstić information content (AvgIpc) is 3.29. The Morgan fingerprint density at radius 1 is 1.14 bits per heavy atom. The summed E-state index contributed by atoms with van der Waals surface area (Å²) in [6, 6.07) is 3.92. The molecule has 2 aliphatic rings. The van der Waals surface area contributed by atoms with Gasteiger partial charge in [0.2, 0.25) is 15.9 Å². The van der Waals surface area contributed by atoms with Gasteiger partial charge < -0.3 is 9.47 Å². The highest BCUT2D eigenvalue weighted by Gasteiger charge is 2.40. The lowest BCUT2D eigenvalue weighted by Gasteiger charge is -2.29. The van der Waals surface area contributed by atoms with Gasteiger partial charge >= 0.3 is 0 Å². The van der Waals surface area contributed by atoms with Gasteiger partial charge in [-0.2, -0.15) is 4.31 Å². The molecule has 1 unspecified atom stereocenters. The van der Waals surface area contributed by atoms with E-state index in [1.165, 1.54) is 29.4 Å². The van der Waals surface area contributed by atoms with Gasteiger partial charge in [0.15, 0.2) is 11.6 Å². The van der Waals surface area contributed by atoms with Crippen molar-refractivity contribution < 1.29 is 13.2 Å². The summed E-state index contributed by atoms with van der Waals surface area (Å²) < 4.78 is 29.9. The summed E-state index contributed by atoms with van der Waals surface area (Å²) in [7, 11) is -3.76. The van der Waals surface area contributed by atoms with Crippen molar-refractivity contribution in [3.63, 3.8) is 0 Å². The Kier molecular flexibility index (Phi) is 5.11. The van der Waals surface area contributed by atoms with Crippen LogP contribution in [-0.2, 0) is 27.9 Å². The maximum atomic E-state index is 13.2. The number of carbonyl (C=O) groups excluding carboxylic acids is 1. The van der Waals surface area contributed by atoms with E-state index >= 15 is 0 Å². The third kappa shape index (κ3) is 3.30. The Morgan fingerprint density at radius 2 is 1.93 bits per heavy atom. The SMILES string of the molecule is CC(=O)N1CCn2c(nnc2C2CCCN2S(=O)(=O)c2ccc(Cl)c(Cl)c2)C1. The van der Waals surface area contributed by atoms with Crippen LogP contribution in [0.1, 0.15) is 37.5 Å². The molecule has 1 amide bonds. The molecule has 4 rings (SSSR count). The molecule has 1 aromatic heterocycles. The average molecular weight is 444 g/mol. The number of halogens is 2. The molecule has 1 fully saturated rings. The highest BCUT2D eigenvalue weighted by molar-refractivity contribution is 7.89. The van der Waals surface area contributed by atoms with Crippen molar-refractivity contribution in [1.29, 1.82) is 0 Å². The number of hydrogen-bond donors (Lipinski definition) is 0. The van der Waals surface area contributed by atoms with E-state index in [1.54, 1.807) is 4.90 Å². The Hall–Kier alpha value is -1.68. The van der Waals surface area contributed by atoms with Crippen LogP contribution in [0, 0.1) is 0 Å². The fourth-order valence-corrected chi connectivity index (χ4v) is 5.80. The van der Waals surface area contributed by atoms with E-state index in [2.05, 4.69) is 10.2 Å². The van der Waals surface area contributed by atoms with Crippen molar-refractivity contribution in [1.82, 2.24) is 24.0 Å². The first-order chi connectivity index (χ1) is 13.3. The van der Waals surface area contributed by atoms with Crippen molar-refractivity contribution in [2.75, 3.05) is 13.1 Å². The van der Waals surface area contributed by atoms with Crippen LogP contribution >= 0.6 is 23.2 Å². The van der Waals surface area contributed by atoms with Gasteiger partial charge in [-0.1, -0.05) is 23.2 Å². The van der Waals surface area contributed by atoms with Crippen molar-refractivity contribution in [2.45, 2.75) is 43.8 Å². The van der Waals surface area contributed by atoms with E-state index in [0.29, 0.717) is 49.3 Å². The number of benzene rings is 1. The largest absolute Gasteiger partial charge is 0.334 e. The van der Waals surface area contributed by atoms with Crippen molar-refractivity contribution in [2.24, 2.45) is 0 Å². The molecule has 2 aliphatic heterocycles. The van der Waals surface area contributed by atoms with Crippen LogP contribution in [0.25, 0.3) is 0 Å². The number of carbonyl (C=O) groups is 1. The number of amides is 1. The second-order valence-corrected chi connectivity index (χ2v) is 9.62. The van der Waals surface area contributed by atoms with Gasteiger partial charge in [-0.05, 0) is 31.0 Å². The Balaban J connectivity index is 1.66. The number of sulfonamides is 1. The van der Waals surface area contributed by atoms with E-state index in [9.17, 15) is 13.2 Å². The minimum Gasteiger partial charge on any atom is -0.334 e. The molecule has 11 heteroatoms. The lowest BCUT2D eigenvalue weighted by molar-refractivity contribution is -0.130. The predicted octanol–water partition coefficient (Wildman–Crippen LogP) is 2.47. The topological polar surface area (TPSA) is 88.4 Å². The summed E-state index contributed by atoms with van der Waals surface area (Å²) in [6.45, 7) is 3.41. The van der Waals surface area contributed by atoms with Crippen molar-refractivity contribution >= 4 is 39.1 Å². The van der Waals surface area contributed by atoms with E-state index in [4.69, 9.17) is 23.2 Å². The summed E-state index contributed by atoms with van der Waals surface area (Å²) in [4.78, 5) is 13.4. The maximum Gasteiger partial charge on any atom is 0.243 e. The fraction of sp³-hybridized carbons (Fsp3) is 0.471. The molecule has 1 atom stereocenters.